The van der Waals surface area contributed by atoms with Gasteiger partial charge in [0.15, 0.2) is 0 Å². The van der Waals surface area contributed by atoms with Gasteiger partial charge in [-0.15, -0.1) is 0 Å². The lowest BCUT2D eigenvalue weighted by Crippen LogP contribution is -2.36. The van der Waals surface area contributed by atoms with Crippen molar-refractivity contribution in [2.45, 2.75) is 6.54 Å². The summed E-state index contributed by atoms with van der Waals surface area (Å²) in [4.78, 5) is 25.4. The summed E-state index contributed by atoms with van der Waals surface area (Å²) in [6.07, 6.45) is 0. The van der Waals surface area contributed by atoms with E-state index in [1.54, 1.807) is 25.2 Å². The molecule has 21 heavy (non-hydrogen) atoms. The summed E-state index contributed by atoms with van der Waals surface area (Å²) >= 11 is 3.32. The summed E-state index contributed by atoms with van der Waals surface area (Å²) in [5.41, 5.74) is 1.56. The summed E-state index contributed by atoms with van der Waals surface area (Å²) < 4.78 is 0.838. The number of amides is 2. The molecule has 108 valence electrons. The van der Waals surface area contributed by atoms with Gasteiger partial charge in [-0.05, 0) is 23.8 Å². The Morgan fingerprint density at radius 2 is 1.81 bits per heavy atom. The molecule has 0 radical (unpaired) electrons. The molecule has 2 amide bonds. The van der Waals surface area contributed by atoms with Gasteiger partial charge >= 0.3 is 11.8 Å². The molecule has 0 saturated heterocycles. The first-order chi connectivity index (χ1) is 10.1. The van der Waals surface area contributed by atoms with Gasteiger partial charge in [-0.1, -0.05) is 52.3 Å². The Balaban J connectivity index is 1.97. The van der Waals surface area contributed by atoms with Crippen molar-refractivity contribution >= 4 is 33.4 Å². The number of hydrogen-bond acceptors (Lipinski definition) is 2. The molecule has 0 spiro atoms. The highest BCUT2D eigenvalue weighted by atomic mass is 79.9. The van der Waals surface area contributed by atoms with Crippen molar-refractivity contribution in [3.63, 3.8) is 0 Å². The molecule has 0 unspecified atom stereocenters. The molecule has 0 aliphatic heterocycles. The lowest BCUT2D eigenvalue weighted by Gasteiger charge is -2.16. The molecular formula is C16H15BrN2O2. The second-order valence-electron chi connectivity index (χ2n) is 4.61. The first-order valence-electron chi connectivity index (χ1n) is 6.42. The van der Waals surface area contributed by atoms with Crippen LogP contribution in [-0.4, -0.2) is 23.8 Å². The summed E-state index contributed by atoms with van der Waals surface area (Å²) in [6, 6.07) is 16.6. The molecule has 0 saturated carbocycles. The maximum atomic E-state index is 12.0. The van der Waals surface area contributed by atoms with Crippen LogP contribution in [0.1, 0.15) is 5.56 Å². The molecule has 0 heterocycles. The predicted octanol–water partition coefficient (Wildman–Crippen LogP) is 3.05. The van der Waals surface area contributed by atoms with Crippen LogP contribution in [0.5, 0.6) is 0 Å². The van der Waals surface area contributed by atoms with Crippen LogP contribution in [0.2, 0.25) is 0 Å². The molecule has 0 aliphatic rings. The Bertz CT molecular complexity index is 644. The van der Waals surface area contributed by atoms with Gasteiger partial charge in [0.25, 0.3) is 0 Å². The van der Waals surface area contributed by atoms with E-state index in [1.165, 1.54) is 4.90 Å². The number of nitrogens with one attached hydrogen (secondary N) is 1. The lowest BCUT2D eigenvalue weighted by atomic mass is 10.2. The van der Waals surface area contributed by atoms with E-state index in [2.05, 4.69) is 21.2 Å². The highest BCUT2D eigenvalue weighted by Crippen LogP contribution is 2.15. The van der Waals surface area contributed by atoms with Crippen molar-refractivity contribution < 1.29 is 9.59 Å². The van der Waals surface area contributed by atoms with E-state index < -0.39 is 11.8 Å². The van der Waals surface area contributed by atoms with E-state index in [4.69, 9.17) is 0 Å². The van der Waals surface area contributed by atoms with Gasteiger partial charge < -0.3 is 10.2 Å². The number of likely N-dealkylation sites (N-methyl/N-ethyl adjacent to an activating group) is 1. The molecule has 2 rings (SSSR count). The summed E-state index contributed by atoms with van der Waals surface area (Å²) in [5.74, 6) is -1.22. The van der Waals surface area contributed by atoms with E-state index in [9.17, 15) is 9.59 Å². The molecule has 0 aliphatic carbocycles. The van der Waals surface area contributed by atoms with Crippen LogP contribution >= 0.6 is 15.9 Å². The fourth-order valence-corrected chi connectivity index (χ4v) is 2.25. The van der Waals surface area contributed by atoms with Crippen molar-refractivity contribution in [1.29, 1.82) is 0 Å². The number of nitrogens with zero attached hydrogens (tertiary/aromatic N) is 1. The number of benzene rings is 2. The minimum absolute atomic E-state index is 0.394. The van der Waals surface area contributed by atoms with Gasteiger partial charge in [0.05, 0.1) is 0 Å². The standard InChI is InChI=1S/C16H15BrN2O2/c1-19(11-12-6-3-2-4-7-12)16(21)15(20)18-14-9-5-8-13(17)10-14/h2-10H,11H2,1H3,(H,18,20). The second-order valence-corrected chi connectivity index (χ2v) is 5.53. The minimum atomic E-state index is -0.647. The zero-order valence-electron chi connectivity index (χ0n) is 11.5. The van der Waals surface area contributed by atoms with Crippen molar-refractivity contribution in [2.75, 3.05) is 12.4 Å². The third-order valence-corrected chi connectivity index (χ3v) is 3.38. The van der Waals surface area contributed by atoms with Gasteiger partial charge in [0.1, 0.15) is 0 Å². The average Bonchev–Trinajstić information content (AvgIpc) is 2.47. The topological polar surface area (TPSA) is 49.4 Å². The molecule has 2 aromatic carbocycles. The maximum Gasteiger partial charge on any atom is 0.313 e. The quantitative estimate of drug-likeness (QED) is 0.868. The normalized spacial score (nSPS) is 10.0. The number of rotatable bonds is 3. The number of hydrogen-bond donors (Lipinski definition) is 1. The van der Waals surface area contributed by atoms with Crippen LogP contribution in [0.15, 0.2) is 59.1 Å². The molecule has 0 bridgehead atoms. The molecule has 2 aromatic rings. The second kappa shape index (κ2) is 7.04. The van der Waals surface area contributed by atoms with E-state index >= 15 is 0 Å². The van der Waals surface area contributed by atoms with E-state index in [1.807, 2.05) is 36.4 Å². The molecule has 5 heteroatoms. The van der Waals surface area contributed by atoms with Crippen LogP contribution in [0.3, 0.4) is 0 Å². The van der Waals surface area contributed by atoms with Crippen LogP contribution in [0.25, 0.3) is 0 Å². The summed E-state index contributed by atoms with van der Waals surface area (Å²) in [7, 11) is 1.61. The highest BCUT2D eigenvalue weighted by Gasteiger charge is 2.18. The zero-order chi connectivity index (χ0) is 15.2. The van der Waals surface area contributed by atoms with E-state index in [0.29, 0.717) is 12.2 Å². The van der Waals surface area contributed by atoms with Crippen LogP contribution in [-0.2, 0) is 16.1 Å². The molecule has 1 N–H and O–H groups in total. The smallest absolute Gasteiger partial charge is 0.313 e. The van der Waals surface area contributed by atoms with Gasteiger partial charge in [0.2, 0.25) is 0 Å². The third kappa shape index (κ3) is 4.43. The Hall–Kier alpha value is -2.14. The third-order valence-electron chi connectivity index (χ3n) is 2.89. The van der Waals surface area contributed by atoms with Crippen LogP contribution < -0.4 is 5.32 Å². The van der Waals surface area contributed by atoms with Crippen molar-refractivity contribution in [2.24, 2.45) is 0 Å². The summed E-state index contributed by atoms with van der Waals surface area (Å²) in [5, 5.41) is 2.59. The summed E-state index contributed by atoms with van der Waals surface area (Å²) in [6.45, 7) is 0.394. The number of carbonyl (C=O) groups is 2. The first-order valence-corrected chi connectivity index (χ1v) is 7.21. The van der Waals surface area contributed by atoms with Gasteiger partial charge in [-0.3, -0.25) is 9.59 Å². The van der Waals surface area contributed by atoms with Gasteiger partial charge in [-0.25, -0.2) is 0 Å². The van der Waals surface area contributed by atoms with E-state index in [-0.39, 0.29) is 0 Å². The largest absolute Gasteiger partial charge is 0.333 e. The first kappa shape index (κ1) is 15.3. The number of halogens is 1. The van der Waals surface area contributed by atoms with Crippen molar-refractivity contribution in [1.82, 2.24) is 4.90 Å². The fourth-order valence-electron chi connectivity index (χ4n) is 1.85. The van der Waals surface area contributed by atoms with Gasteiger partial charge in [-0.2, -0.15) is 0 Å². The minimum Gasteiger partial charge on any atom is -0.333 e. The average molecular weight is 347 g/mol. The van der Waals surface area contributed by atoms with Crippen molar-refractivity contribution in [3.8, 4) is 0 Å². The lowest BCUT2D eigenvalue weighted by molar-refractivity contribution is -0.142. The zero-order valence-corrected chi connectivity index (χ0v) is 13.1. The Kier molecular flexibility index (Phi) is 5.11. The van der Waals surface area contributed by atoms with Crippen molar-refractivity contribution in [3.05, 3.63) is 64.6 Å². The Morgan fingerprint density at radius 3 is 2.48 bits per heavy atom. The Morgan fingerprint density at radius 1 is 1.10 bits per heavy atom. The van der Waals surface area contributed by atoms with Crippen LogP contribution in [0, 0.1) is 0 Å². The molecular weight excluding hydrogens is 332 g/mol. The predicted molar refractivity (Wildman–Crippen MR) is 85.7 cm³/mol. The fraction of sp³-hybridized carbons (Fsp3) is 0.125. The molecule has 4 nitrogen and oxygen atoms in total. The Labute approximate surface area is 131 Å². The number of anilines is 1. The highest BCUT2D eigenvalue weighted by molar-refractivity contribution is 9.10. The van der Waals surface area contributed by atoms with Gasteiger partial charge in [0, 0.05) is 23.8 Å². The number of carbonyl (C=O) groups excluding carboxylic acids is 2. The SMILES string of the molecule is CN(Cc1ccccc1)C(=O)C(=O)Nc1cccc(Br)c1. The van der Waals surface area contributed by atoms with Crippen LogP contribution in [0.4, 0.5) is 5.69 Å². The molecule has 0 aromatic heterocycles. The monoisotopic (exact) mass is 346 g/mol. The maximum absolute atomic E-state index is 12.0. The van der Waals surface area contributed by atoms with E-state index in [0.717, 1.165) is 10.0 Å². The molecule has 0 fully saturated rings. The molecule has 0 atom stereocenters.